The highest BCUT2D eigenvalue weighted by Gasteiger charge is 2.47. The summed E-state index contributed by atoms with van der Waals surface area (Å²) in [6.45, 7) is -0.449. The molecule has 1 saturated carbocycles. The molecule has 36 heavy (non-hydrogen) atoms. The summed E-state index contributed by atoms with van der Waals surface area (Å²) < 4.78 is 47.1. The fraction of sp³-hybridized carbons (Fsp3) is 0.542. The quantitative estimate of drug-likeness (QED) is 0.452. The van der Waals surface area contributed by atoms with E-state index in [1.807, 2.05) is 6.07 Å². The summed E-state index contributed by atoms with van der Waals surface area (Å²) in [5, 5.41) is 32.8. The normalized spacial score (nSPS) is 27.1. The molecule has 0 radical (unpaired) electrons. The number of nitrogens with zero attached hydrogens (tertiary/aromatic N) is 4. The van der Waals surface area contributed by atoms with Crippen molar-refractivity contribution >= 4 is 11.6 Å². The molecule has 5 rings (SSSR count). The molecule has 0 bridgehead atoms. The van der Waals surface area contributed by atoms with Gasteiger partial charge in [-0.3, -0.25) is 0 Å². The molecule has 0 unspecified atom stereocenters. The van der Waals surface area contributed by atoms with Crippen molar-refractivity contribution in [2.75, 3.05) is 13.7 Å². The average Bonchev–Trinajstić information content (AvgIpc) is 3.65. The Balaban J connectivity index is 1.42. The molecule has 1 aliphatic carbocycles. The Labute approximate surface area is 210 Å². The predicted molar refractivity (Wildman–Crippen MR) is 123 cm³/mol. The van der Waals surface area contributed by atoms with Gasteiger partial charge < -0.3 is 24.2 Å². The van der Waals surface area contributed by atoms with Gasteiger partial charge in [0, 0.05) is 31.1 Å². The molecule has 1 aromatic carbocycles. The van der Waals surface area contributed by atoms with Gasteiger partial charge in [0.05, 0.1) is 29.6 Å². The van der Waals surface area contributed by atoms with Crippen molar-refractivity contribution in [3.63, 3.8) is 0 Å². The molecule has 1 saturated heterocycles. The molecule has 9 nitrogen and oxygen atoms in total. The van der Waals surface area contributed by atoms with Gasteiger partial charge in [0.1, 0.15) is 35.8 Å². The lowest BCUT2D eigenvalue weighted by atomic mass is 9.90. The summed E-state index contributed by atoms with van der Waals surface area (Å²) in [4.78, 5) is 0. The summed E-state index contributed by atoms with van der Waals surface area (Å²) in [5.41, 5.74) is 0.594. The molecule has 1 aliphatic heterocycles. The Bertz CT molecular complexity index is 1200. The Hall–Kier alpha value is -2.44. The van der Waals surface area contributed by atoms with E-state index in [0.29, 0.717) is 18.0 Å². The van der Waals surface area contributed by atoms with Gasteiger partial charge in [-0.05, 0) is 25.0 Å². The van der Waals surface area contributed by atoms with Crippen LogP contribution >= 0.6 is 11.6 Å². The van der Waals surface area contributed by atoms with E-state index in [4.69, 9.17) is 25.6 Å². The van der Waals surface area contributed by atoms with Crippen LogP contribution < -0.4 is 0 Å². The van der Waals surface area contributed by atoms with Gasteiger partial charge in [0.25, 0.3) is 0 Å². The number of rotatable bonds is 7. The number of aromatic nitrogens is 4. The Kier molecular flexibility index (Phi) is 7.36. The van der Waals surface area contributed by atoms with Gasteiger partial charge in [0.2, 0.25) is 0 Å². The van der Waals surface area contributed by atoms with Crippen LogP contribution in [0.15, 0.2) is 28.9 Å². The maximum absolute atomic E-state index is 14.5. The molecular formula is C24H27ClF2N4O5. The third-order valence-electron chi connectivity index (χ3n) is 7.11. The van der Waals surface area contributed by atoms with Crippen LogP contribution in [0.2, 0.25) is 5.02 Å². The van der Waals surface area contributed by atoms with Gasteiger partial charge in [-0.15, -0.1) is 5.10 Å². The second-order valence-electron chi connectivity index (χ2n) is 9.29. The number of aliphatic hydroxyl groups is 2. The van der Waals surface area contributed by atoms with Gasteiger partial charge in [-0.2, -0.15) is 0 Å². The molecule has 0 spiro atoms. The largest absolute Gasteiger partial charge is 0.394 e. The summed E-state index contributed by atoms with van der Waals surface area (Å²) in [5.74, 6) is -1.13. The molecule has 2 aliphatic rings. The Morgan fingerprint density at radius 3 is 2.69 bits per heavy atom. The van der Waals surface area contributed by atoms with Crippen LogP contribution in [0.5, 0.6) is 0 Å². The monoisotopic (exact) mass is 524 g/mol. The highest BCUT2D eigenvalue weighted by atomic mass is 35.5. The number of halogens is 3. The van der Waals surface area contributed by atoms with E-state index >= 15 is 0 Å². The average molecular weight is 525 g/mol. The van der Waals surface area contributed by atoms with Gasteiger partial charge in [0.15, 0.2) is 11.6 Å². The van der Waals surface area contributed by atoms with Gasteiger partial charge in [-0.1, -0.05) is 34.8 Å². The van der Waals surface area contributed by atoms with E-state index in [9.17, 15) is 19.0 Å². The molecule has 5 atom stereocenters. The summed E-state index contributed by atoms with van der Waals surface area (Å²) in [6, 6.07) is 3.61. The van der Waals surface area contributed by atoms with Crippen LogP contribution in [-0.2, 0) is 15.9 Å². The number of aliphatic hydroxyl groups excluding tert-OH is 2. The fourth-order valence-corrected chi connectivity index (χ4v) is 5.38. The highest BCUT2D eigenvalue weighted by molar-refractivity contribution is 6.30. The van der Waals surface area contributed by atoms with E-state index in [-0.39, 0.29) is 16.3 Å². The molecule has 2 aromatic heterocycles. The van der Waals surface area contributed by atoms with Crippen molar-refractivity contribution in [3.05, 3.63) is 52.5 Å². The maximum atomic E-state index is 14.5. The number of hydrogen-bond acceptors (Lipinski definition) is 8. The Morgan fingerprint density at radius 2 is 1.97 bits per heavy atom. The van der Waals surface area contributed by atoms with Gasteiger partial charge >= 0.3 is 0 Å². The first-order valence-corrected chi connectivity index (χ1v) is 12.3. The number of methoxy groups -OCH3 is 1. The minimum atomic E-state index is -1.22. The van der Waals surface area contributed by atoms with Crippen LogP contribution in [0.4, 0.5) is 8.78 Å². The van der Waals surface area contributed by atoms with Crippen molar-refractivity contribution in [1.82, 2.24) is 20.2 Å². The minimum Gasteiger partial charge on any atom is -0.394 e. The molecule has 3 aromatic rings. The third kappa shape index (κ3) is 4.66. The molecule has 194 valence electrons. The Morgan fingerprint density at radius 1 is 1.19 bits per heavy atom. The first-order chi connectivity index (χ1) is 17.4. The van der Waals surface area contributed by atoms with Crippen molar-refractivity contribution in [2.24, 2.45) is 0 Å². The van der Waals surface area contributed by atoms with Crippen LogP contribution in [-0.4, -0.2) is 68.5 Å². The van der Waals surface area contributed by atoms with Crippen molar-refractivity contribution in [1.29, 1.82) is 0 Å². The van der Waals surface area contributed by atoms with Crippen LogP contribution in [0.25, 0.3) is 11.3 Å². The lowest BCUT2D eigenvalue weighted by molar-refractivity contribution is -0.212. The van der Waals surface area contributed by atoms with Crippen molar-refractivity contribution in [2.45, 2.75) is 68.5 Å². The van der Waals surface area contributed by atoms with E-state index in [2.05, 4.69) is 15.5 Å². The van der Waals surface area contributed by atoms with E-state index in [1.165, 1.54) is 43.0 Å². The molecule has 2 N–H and O–H groups in total. The lowest BCUT2D eigenvalue weighted by Crippen LogP contribution is -2.57. The van der Waals surface area contributed by atoms with Crippen LogP contribution in [0.1, 0.15) is 49.1 Å². The van der Waals surface area contributed by atoms with E-state index in [1.54, 1.807) is 0 Å². The van der Waals surface area contributed by atoms with Crippen molar-refractivity contribution in [3.8, 4) is 11.3 Å². The standard InChI is InChI=1S/C24H27ClF2N4O5/c1-34-24-18(9-13-8-17(36-29-13)12-4-2-3-5-12)35-19(11-32)23(33)22(24)31-10-16(28-30-31)14-6-7-15(25)21(27)20(14)26/h6-8,10,12,18-19,22-24,32-33H,2-5,9,11H2,1H3/t18-,19-,22+,23+,24+/m1/s1. The SMILES string of the molecule is CO[C@@H]1[C@@H](n2cc(-c3ccc(Cl)c(F)c3F)nn2)[C@@H](O)[C@@H](CO)O[C@@H]1Cc1cc(C2CCCC2)on1. The first-order valence-electron chi connectivity index (χ1n) is 11.9. The minimum absolute atomic E-state index is 0.0476. The maximum Gasteiger partial charge on any atom is 0.178 e. The van der Waals surface area contributed by atoms with E-state index in [0.717, 1.165) is 18.6 Å². The first kappa shape index (κ1) is 25.2. The van der Waals surface area contributed by atoms with Crippen LogP contribution in [0, 0.1) is 11.6 Å². The summed E-state index contributed by atoms with van der Waals surface area (Å²) >= 11 is 5.66. The molecule has 2 fully saturated rings. The smallest absolute Gasteiger partial charge is 0.178 e. The predicted octanol–water partition coefficient (Wildman–Crippen LogP) is 3.44. The zero-order valence-electron chi connectivity index (χ0n) is 19.6. The third-order valence-corrected chi connectivity index (χ3v) is 7.40. The van der Waals surface area contributed by atoms with Crippen LogP contribution in [0.3, 0.4) is 0 Å². The highest BCUT2D eigenvalue weighted by Crippen LogP contribution is 2.37. The summed E-state index contributed by atoms with van der Waals surface area (Å²) in [7, 11) is 1.47. The second-order valence-corrected chi connectivity index (χ2v) is 9.70. The fourth-order valence-electron chi connectivity index (χ4n) is 5.23. The molecule has 0 amide bonds. The lowest BCUT2D eigenvalue weighted by Gasteiger charge is -2.43. The topological polar surface area (TPSA) is 116 Å². The second kappa shape index (κ2) is 10.5. The zero-order valence-corrected chi connectivity index (χ0v) is 20.3. The molecular weight excluding hydrogens is 498 g/mol. The number of hydrogen-bond donors (Lipinski definition) is 2. The van der Waals surface area contributed by atoms with E-state index < -0.39 is 48.7 Å². The molecule has 12 heteroatoms. The number of ether oxygens (including phenoxy) is 2. The molecule has 3 heterocycles. The van der Waals surface area contributed by atoms with Gasteiger partial charge in [-0.25, -0.2) is 13.5 Å². The zero-order chi connectivity index (χ0) is 25.4. The summed E-state index contributed by atoms with van der Waals surface area (Å²) in [6.07, 6.45) is 2.68. The number of benzene rings is 1. The van der Waals surface area contributed by atoms with Crippen molar-refractivity contribution < 1.29 is 33.0 Å².